The molecule has 2 aromatic rings. The van der Waals surface area contributed by atoms with E-state index in [4.69, 9.17) is 4.74 Å². The summed E-state index contributed by atoms with van der Waals surface area (Å²) in [5, 5.41) is 0. The first-order valence-electron chi connectivity index (χ1n) is 5.19. The Hall–Kier alpha value is -1.97. The van der Waals surface area contributed by atoms with E-state index < -0.39 is 0 Å². The Balaban J connectivity index is 2.40. The average molecular weight is 216 g/mol. The first-order valence-corrected chi connectivity index (χ1v) is 5.19. The van der Waals surface area contributed by atoms with E-state index in [1.54, 1.807) is 24.5 Å². The van der Waals surface area contributed by atoms with Crippen LogP contribution in [0, 0.1) is 0 Å². The van der Waals surface area contributed by atoms with Crippen LogP contribution in [0.25, 0.3) is 11.0 Å². The van der Waals surface area contributed by atoms with Crippen LogP contribution in [0.4, 0.5) is 0 Å². The van der Waals surface area contributed by atoms with Gasteiger partial charge < -0.3 is 4.74 Å². The summed E-state index contributed by atoms with van der Waals surface area (Å²) in [6.45, 7) is 2.38. The number of nitrogens with zero attached hydrogens (tertiary/aromatic N) is 2. The van der Waals surface area contributed by atoms with Crippen molar-refractivity contribution in [2.75, 3.05) is 6.61 Å². The molecule has 0 saturated carbocycles. The van der Waals surface area contributed by atoms with E-state index in [1.165, 1.54) is 0 Å². The number of para-hydroxylation sites is 1. The molecule has 0 fully saturated rings. The van der Waals surface area contributed by atoms with Crippen molar-refractivity contribution in [1.29, 1.82) is 0 Å². The van der Waals surface area contributed by atoms with E-state index in [9.17, 15) is 4.79 Å². The quantitative estimate of drug-likeness (QED) is 0.738. The molecule has 0 aliphatic heterocycles. The molecule has 0 aliphatic rings. The summed E-state index contributed by atoms with van der Waals surface area (Å²) in [5.41, 5.74) is 1.76. The molecular formula is C12H12N2O2. The maximum atomic E-state index is 11.7. The third-order valence-electron chi connectivity index (χ3n) is 2.16. The van der Waals surface area contributed by atoms with Crippen LogP contribution in [0.2, 0.25) is 0 Å². The number of carbonyl (C=O) groups is 1. The van der Waals surface area contributed by atoms with E-state index in [0.29, 0.717) is 23.2 Å². The minimum Gasteiger partial charge on any atom is -0.462 e. The fourth-order valence-corrected chi connectivity index (χ4v) is 1.43. The zero-order chi connectivity index (χ0) is 11.4. The number of ether oxygens (including phenoxy) is 1. The molecule has 0 N–H and O–H groups in total. The highest BCUT2D eigenvalue weighted by Crippen LogP contribution is 2.14. The van der Waals surface area contributed by atoms with Gasteiger partial charge in [0.25, 0.3) is 0 Å². The molecule has 82 valence electrons. The van der Waals surface area contributed by atoms with Crippen molar-refractivity contribution in [3.05, 3.63) is 36.2 Å². The Bertz CT molecular complexity index is 506. The second-order valence-corrected chi connectivity index (χ2v) is 3.37. The smallest absolute Gasteiger partial charge is 0.340 e. The van der Waals surface area contributed by atoms with E-state index in [-0.39, 0.29) is 5.97 Å². The third-order valence-corrected chi connectivity index (χ3v) is 2.16. The number of carbonyl (C=O) groups excluding carboxylic acids is 1. The van der Waals surface area contributed by atoms with Crippen molar-refractivity contribution in [2.45, 2.75) is 13.3 Å². The van der Waals surface area contributed by atoms with Crippen LogP contribution >= 0.6 is 0 Å². The van der Waals surface area contributed by atoms with Crippen molar-refractivity contribution in [2.24, 2.45) is 0 Å². The van der Waals surface area contributed by atoms with Crippen LogP contribution in [0.3, 0.4) is 0 Å². The molecule has 4 nitrogen and oxygen atoms in total. The molecule has 0 aliphatic carbocycles. The van der Waals surface area contributed by atoms with Gasteiger partial charge in [0.1, 0.15) is 5.52 Å². The van der Waals surface area contributed by atoms with Crippen LogP contribution in [0.15, 0.2) is 30.6 Å². The van der Waals surface area contributed by atoms with Crippen LogP contribution in [-0.4, -0.2) is 22.5 Å². The van der Waals surface area contributed by atoms with Crippen LogP contribution in [-0.2, 0) is 4.74 Å². The van der Waals surface area contributed by atoms with Crippen molar-refractivity contribution in [1.82, 2.24) is 9.97 Å². The lowest BCUT2D eigenvalue weighted by molar-refractivity contribution is 0.0507. The second kappa shape index (κ2) is 4.70. The monoisotopic (exact) mass is 216 g/mol. The highest BCUT2D eigenvalue weighted by atomic mass is 16.5. The Morgan fingerprint density at radius 3 is 2.94 bits per heavy atom. The molecule has 1 heterocycles. The molecular weight excluding hydrogens is 204 g/mol. The summed E-state index contributed by atoms with van der Waals surface area (Å²) in [4.78, 5) is 20.0. The van der Waals surface area contributed by atoms with Crippen molar-refractivity contribution in [3.8, 4) is 0 Å². The number of benzene rings is 1. The van der Waals surface area contributed by atoms with E-state index >= 15 is 0 Å². The first kappa shape index (κ1) is 10.5. The van der Waals surface area contributed by atoms with Gasteiger partial charge in [0, 0.05) is 12.4 Å². The van der Waals surface area contributed by atoms with Gasteiger partial charge in [-0.25, -0.2) is 4.79 Å². The Kier molecular flexibility index (Phi) is 3.10. The lowest BCUT2D eigenvalue weighted by Crippen LogP contribution is -2.07. The van der Waals surface area contributed by atoms with Crippen molar-refractivity contribution in [3.63, 3.8) is 0 Å². The molecule has 0 amide bonds. The van der Waals surface area contributed by atoms with E-state index in [0.717, 1.165) is 6.42 Å². The van der Waals surface area contributed by atoms with E-state index in [2.05, 4.69) is 9.97 Å². The molecule has 0 spiro atoms. The number of esters is 1. The molecule has 0 bridgehead atoms. The largest absolute Gasteiger partial charge is 0.462 e. The van der Waals surface area contributed by atoms with Gasteiger partial charge in [-0.2, -0.15) is 0 Å². The summed E-state index contributed by atoms with van der Waals surface area (Å²) < 4.78 is 5.08. The van der Waals surface area contributed by atoms with Gasteiger partial charge in [0.15, 0.2) is 0 Å². The maximum Gasteiger partial charge on any atom is 0.340 e. The molecule has 16 heavy (non-hydrogen) atoms. The van der Waals surface area contributed by atoms with Crippen LogP contribution in [0.5, 0.6) is 0 Å². The van der Waals surface area contributed by atoms with Gasteiger partial charge in [0.2, 0.25) is 0 Å². The van der Waals surface area contributed by atoms with Crippen LogP contribution < -0.4 is 0 Å². The highest BCUT2D eigenvalue weighted by molar-refractivity contribution is 6.01. The lowest BCUT2D eigenvalue weighted by atomic mass is 10.2. The molecule has 1 aromatic heterocycles. The Morgan fingerprint density at radius 2 is 2.12 bits per heavy atom. The molecule has 4 heteroatoms. The zero-order valence-corrected chi connectivity index (χ0v) is 9.01. The number of hydrogen-bond donors (Lipinski definition) is 0. The third kappa shape index (κ3) is 2.00. The Labute approximate surface area is 93.3 Å². The molecule has 0 unspecified atom stereocenters. The van der Waals surface area contributed by atoms with Crippen molar-refractivity contribution >= 4 is 17.0 Å². The minimum atomic E-state index is -0.340. The summed E-state index contributed by atoms with van der Waals surface area (Å²) in [5.74, 6) is -0.340. The SMILES string of the molecule is CCCOC(=O)c1cccc2nccnc12. The minimum absolute atomic E-state index is 0.340. The predicted molar refractivity (Wildman–Crippen MR) is 60.1 cm³/mol. The lowest BCUT2D eigenvalue weighted by Gasteiger charge is -2.04. The number of fused-ring (bicyclic) bond motifs is 1. The first-order chi connectivity index (χ1) is 7.83. The summed E-state index contributed by atoms with van der Waals surface area (Å²) in [6.07, 6.45) is 3.98. The molecule has 2 rings (SSSR count). The highest BCUT2D eigenvalue weighted by Gasteiger charge is 2.11. The van der Waals surface area contributed by atoms with Gasteiger partial charge in [-0.3, -0.25) is 9.97 Å². The fourth-order valence-electron chi connectivity index (χ4n) is 1.43. The number of hydrogen-bond acceptors (Lipinski definition) is 4. The van der Waals surface area contributed by atoms with Gasteiger partial charge >= 0.3 is 5.97 Å². The average Bonchev–Trinajstić information content (AvgIpc) is 2.35. The molecule has 1 aromatic carbocycles. The standard InChI is InChI=1S/C12H12N2O2/c1-2-8-16-12(15)9-4-3-5-10-11(9)14-7-6-13-10/h3-7H,2,8H2,1H3. The Morgan fingerprint density at radius 1 is 1.31 bits per heavy atom. The van der Waals surface area contributed by atoms with Crippen molar-refractivity contribution < 1.29 is 9.53 Å². The fraction of sp³-hybridized carbons (Fsp3) is 0.250. The topological polar surface area (TPSA) is 52.1 Å². The normalized spacial score (nSPS) is 10.3. The van der Waals surface area contributed by atoms with Gasteiger partial charge in [-0.05, 0) is 18.6 Å². The molecule has 0 atom stereocenters. The molecule has 0 saturated heterocycles. The second-order valence-electron chi connectivity index (χ2n) is 3.37. The van der Waals surface area contributed by atoms with Gasteiger partial charge in [-0.15, -0.1) is 0 Å². The zero-order valence-electron chi connectivity index (χ0n) is 9.01. The summed E-state index contributed by atoms with van der Waals surface area (Å²) in [6, 6.07) is 5.30. The van der Waals surface area contributed by atoms with E-state index in [1.807, 2.05) is 13.0 Å². The van der Waals surface area contributed by atoms with Gasteiger partial charge in [0.05, 0.1) is 17.7 Å². The number of rotatable bonds is 3. The summed E-state index contributed by atoms with van der Waals surface area (Å²) >= 11 is 0. The van der Waals surface area contributed by atoms with Gasteiger partial charge in [-0.1, -0.05) is 13.0 Å². The predicted octanol–water partition coefficient (Wildman–Crippen LogP) is 2.20. The maximum absolute atomic E-state index is 11.7. The summed E-state index contributed by atoms with van der Waals surface area (Å²) in [7, 11) is 0. The molecule has 0 radical (unpaired) electrons. The van der Waals surface area contributed by atoms with Crippen LogP contribution in [0.1, 0.15) is 23.7 Å². The number of aromatic nitrogens is 2.